The number of hydrogen-bond donors (Lipinski definition) is 2. The second-order valence-electron chi connectivity index (χ2n) is 7.31. The van der Waals surface area contributed by atoms with E-state index in [1.807, 2.05) is 24.3 Å². The number of para-hydroxylation sites is 2. The van der Waals surface area contributed by atoms with Gasteiger partial charge in [-0.25, -0.2) is 14.4 Å². The number of aromatic nitrogens is 3. The van der Waals surface area contributed by atoms with E-state index in [1.54, 1.807) is 16.7 Å². The number of rotatable bonds is 4. The highest BCUT2D eigenvalue weighted by molar-refractivity contribution is 6.11. The molecule has 2 aromatic carbocycles. The van der Waals surface area contributed by atoms with E-state index in [-0.39, 0.29) is 23.4 Å². The van der Waals surface area contributed by atoms with E-state index in [0.717, 1.165) is 12.8 Å². The normalized spacial score (nSPS) is 16.4. The molecule has 0 unspecified atom stereocenters. The number of nitrogens with one attached hydrogen (secondary N) is 1. The van der Waals surface area contributed by atoms with E-state index in [9.17, 15) is 9.18 Å². The summed E-state index contributed by atoms with van der Waals surface area (Å²) in [5.41, 5.74) is 9.20. The Labute approximate surface area is 171 Å². The number of fused-ring (bicyclic) bond motifs is 2. The number of benzene rings is 2. The van der Waals surface area contributed by atoms with Gasteiger partial charge in [-0.1, -0.05) is 18.2 Å². The van der Waals surface area contributed by atoms with Crippen molar-refractivity contribution in [2.75, 3.05) is 18.9 Å². The predicted molar refractivity (Wildman–Crippen MR) is 112 cm³/mol. The first kappa shape index (κ1) is 18.5. The number of nitrogens with zero attached hydrogens (tertiary/aromatic N) is 3. The largest absolute Gasteiger partial charge is 0.384 e. The molecule has 3 heterocycles. The van der Waals surface area contributed by atoms with Crippen LogP contribution in [0, 0.1) is 5.82 Å². The molecule has 1 atom stereocenters. The Bertz CT molecular complexity index is 1260. The number of hydrogen-bond acceptors (Lipinski definition) is 5. The molecule has 0 spiro atoms. The number of nitrogens with two attached hydrogens (primary N) is 1. The first-order valence-electron chi connectivity index (χ1n) is 9.84. The van der Waals surface area contributed by atoms with E-state index in [0.29, 0.717) is 41.0 Å². The van der Waals surface area contributed by atoms with E-state index in [1.165, 1.54) is 12.1 Å². The van der Waals surface area contributed by atoms with Gasteiger partial charge < -0.3 is 15.8 Å². The number of halogens is 1. The van der Waals surface area contributed by atoms with Gasteiger partial charge in [-0.2, -0.15) is 0 Å². The molecule has 152 valence electrons. The molecule has 1 fully saturated rings. The zero-order valence-corrected chi connectivity index (χ0v) is 16.1. The van der Waals surface area contributed by atoms with Gasteiger partial charge in [-0.05, 0) is 43.2 Å². The highest BCUT2D eigenvalue weighted by atomic mass is 19.1. The molecular weight excluding hydrogens is 385 g/mol. The van der Waals surface area contributed by atoms with Gasteiger partial charge in [0.05, 0.1) is 22.8 Å². The van der Waals surface area contributed by atoms with Crippen LogP contribution >= 0.6 is 0 Å². The van der Waals surface area contributed by atoms with E-state index < -0.39 is 5.82 Å². The van der Waals surface area contributed by atoms with Gasteiger partial charge in [0, 0.05) is 13.2 Å². The molecule has 1 saturated heterocycles. The van der Waals surface area contributed by atoms with Gasteiger partial charge in [0.15, 0.2) is 5.65 Å². The molecule has 1 amide bonds. The summed E-state index contributed by atoms with van der Waals surface area (Å²) in [6, 6.07) is 13.4. The topological polar surface area (TPSA) is 95.1 Å². The summed E-state index contributed by atoms with van der Waals surface area (Å²) < 4.78 is 21.1. The molecule has 7 nitrogen and oxygen atoms in total. The van der Waals surface area contributed by atoms with Crippen molar-refractivity contribution in [2.45, 2.75) is 18.9 Å². The lowest BCUT2D eigenvalue weighted by atomic mass is 10.2. The number of anilines is 1. The summed E-state index contributed by atoms with van der Waals surface area (Å²) in [5, 5.41) is 2.90. The van der Waals surface area contributed by atoms with Crippen LogP contribution in [0.1, 0.15) is 23.2 Å². The van der Waals surface area contributed by atoms with Crippen molar-refractivity contribution < 1.29 is 13.9 Å². The first-order valence-corrected chi connectivity index (χ1v) is 9.84. The number of nitrogen functional groups attached to an aromatic ring is 1. The summed E-state index contributed by atoms with van der Waals surface area (Å²) in [4.78, 5) is 22.4. The zero-order chi connectivity index (χ0) is 20.7. The SMILES string of the molecule is Nc1c(C(=O)NC[C@H]2CCCO2)c2nc3ccccc3nc2n1-c1cccc(F)c1. The Balaban J connectivity index is 1.67. The molecule has 3 N–H and O–H groups in total. The Morgan fingerprint density at radius 2 is 2.00 bits per heavy atom. The minimum atomic E-state index is -0.410. The summed E-state index contributed by atoms with van der Waals surface area (Å²) in [6.07, 6.45) is 1.89. The molecule has 0 bridgehead atoms. The Morgan fingerprint density at radius 3 is 2.73 bits per heavy atom. The number of amides is 1. The van der Waals surface area contributed by atoms with Gasteiger partial charge in [-0.3, -0.25) is 9.36 Å². The number of ether oxygens (including phenoxy) is 1. The van der Waals surface area contributed by atoms with E-state index in [2.05, 4.69) is 15.3 Å². The van der Waals surface area contributed by atoms with Crippen LogP contribution in [-0.4, -0.2) is 39.7 Å². The molecule has 0 saturated carbocycles. The smallest absolute Gasteiger partial charge is 0.257 e. The highest BCUT2D eigenvalue weighted by Crippen LogP contribution is 2.31. The quantitative estimate of drug-likeness (QED) is 0.544. The molecule has 1 aliphatic rings. The van der Waals surface area contributed by atoms with E-state index >= 15 is 0 Å². The molecule has 0 aliphatic carbocycles. The lowest BCUT2D eigenvalue weighted by Gasteiger charge is -2.11. The third kappa shape index (κ3) is 3.15. The Hall–Kier alpha value is -3.52. The van der Waals surface area contributed by atoms with Crippen LogP contribution in [0.4, 0.5) is 10.2 Å². The lowest BCUT2D eigenvalue weighted by Crippen LogP contribution is -2.32. The van der Waals surface area contributed by atoms with Crippen molar-refractivity contribution in [2.24, 2.45) is 0 Å². The van der Waals surface area contributed by atoms with E-state index in [4.69, 9.17) is 10.5 Å². The third-order valence-corrected chi connectivity index (χ3v) is 5.31. The monoisotopic (exact) mass is 405 g/mol. The van der Waals surface area contributed by atoms with Gasteiger partial charge in [0.1, 0.15) is 22.7 Å². The minimum absolute atomic E-state index is 0.00124. The van der Waals surface area contributed by atoms with Crippen molar-refractivity contribution in [1.82, 2.24) is 19.9 Å². The van der Waals surface area contributed by atoms with Gasteiger partial charge in [-0.15, -0.1) is 0 Å². The van der Waals surface area contributed by atoms with Crippen molar-refractivity contribution >= 4 is 33.9 Å². The number of carbonyl (C=O) groups is 1. The minimum Gasteiger partial charge on any atom is -0.384 e. The summed E-state index contributed by atoms with van der Waals surface area (Å²) >= 11 is 0. The maximum atomic E-state index is 13.9. The highest BCUT2D eigenvalue weighted by Gasteiger charge is 2.26. The third-order valence-electron chi connectivity index (χ3n) is 5.31. The standard InChI is InChI=1S/C22H20FN5O2/c23-13-5-3-6-14(11-13)28-20(24)18(22(29)25-12-15-7-4-10-30-15)19-21(28)27-17-9-2-1-8-16(17)26-19/h1-3,5-6,8-9,11,15H,4,7,10,12,24H2,(H,25,29)/t15-/m1/s1. The summed E-state index contributed by atoms with van der Waals surface area (Å²) in [6.45, 7) is 1.10. The van der Waals surface area contributed by atoms with Crippen LogP contribution in [0.3, 0.4) is 0 Å². The van der Waals surface area contributed by atoms with Crippen LogP contribution in [0.25, 0.3) is 27.9 Å². The van der Waals surface area contributed by atoms with Crippen LogP contribution in [-0.2, 0) is 4.74 Å². The van der Waals surface area contributed by atoms with Gasteiger partial charge in [0.25, 0.3) is 5.91 Å². The van der Waals surface area contributed by atoms with Gasteiger partial charge in [0.2, 0.25) is 0 Å². The molecule has 8 heteroatoms. The van der Waals surface area contributed by atoms with Gasteiger partial charge >= 0.3 is 0 Å². The molecular formula is C22H20FN5O2. The average molecular weight is 405 g/mol. The number of carbonyl (C=O) groups excluding carboxylic acids is 1. The predicted octanol–water partition coefficient (Wildman–Crippen LogP) is 3.20. The molecule has 4 aromatic rings. The fourth-order valence-electron chi connectivity index (χ4n) is 3.86. The first-order chi connectivity index (χ1) is 14.6. The zero-order valence-electron chi connectivity index (χ0n) is 16.1. The van der Waals surface area contributed by atoms with Crippen molar-refractivity contribution in [3.05, 3.63) is 59.9 Å². The maximum Gasteiger partial charge on any atom is 0.257 e. The Morgan fingerprint density at radius 1 is 1.20 bits per heavy atom. The van der Waals surface area contributed by atoms with Crippen LogP contribution < -0.4 is 11.1 Å². The second kappa shape index (κ2) is 7.38. The van der Waals surface area contributed by atoms with Crippen molar-refractivity contribution in [1.29, 1.82) is 0 Å². The van der Waals surface area contributed by atoms with Crippen LogP contribution in [0.5, 0.6) is 0 Å². The molecule has 0 radical (unpaired) electrons. The maximum absolute atomic E-state index is 13.9. The second-order valence-corrected chi connectivity index (χ2v) is 7.31. The summed E-state index contributed by atoms with van der Waals surface area (Å²) in [7, 11) is 0. The molecule has 2 aromatic heterocycles. The molecule has 1 aliphatic heterocycles. The Kier molecular flexibility index (Phi) is 4.55. The molecule has 30 heavy (non-hydrogen) atoms. The fraction of sp³-hybridized carbons (Fsp3) is 0.227. The fourth-order valence-corrected chi connectivity index (χ4v) is 3.86. The van der Waals surface area contributed by atoms with Crippen molar-refractivity contribution in [3.8, 4) is 5.69 Å². The summed E-state index contributed by atoms with van der Waals surface area (Å²) in [5.74, 6) is -0.602. The van der Waals surface area contributed by atoms with Crippen molar-refractivity contribution in [3.63, 3.8) is 0 Å². The lowest BCUT2D eigenvalue weighted by molar-refractivity contribution is 0.0859. The van der Waals surface area contributed by atoms with Crippen LogP contribution in [0.2, 0.25) is 0 Å². The van der Waals surface area contributed by atoms with Crippen LogP contribution in [0.15, 0.2) is 48.5 Å². The molecule has 5 rings (SSSR count). The average Bonchev–Trinajstić information content (AvgIpc) is 3.35.